The molecule has 3 aromatic carbocycles. The van der Waals surface area contributed by atoms with E-state index in [1.54, 1.807) is 0 Å². The number of hydrogen-bond donors (Lipinski definition) is 1. The standard InChI is InChI=1S/C27H23F5N2O/c28-24-13-20(14-25(29)23(24)15-33)19-10-18(11-22(12-19)27(30,31)32)16-35-17-26(6-8-34-9-7-26)21-4-2-1-3-5-21/h1-5,10-14,34H,6-9,16-17H2. The molecule has 35 heavy (non-hydrogen) atoms. The van der Waals surface area contributed by atoms with Gasteiger partial charge in [-0.25, -0.2) is 8.78 Å². The highest BCUT2D eigenvalue weighted by Crippen LogP contribution is 2.36. The topological polar surface area (TPSA) is 45.0 Å². The van der Waals surface area contributed by atoms with Gasteiger partial charge in [0, 0.05) is 5.41 Å². The van der Waals surface area contributed by atoms with Gasteiger partial charge in [0.05, 0.1) is 18.8 Å². The lowest BCUT2D eigenvalue weighted by atomic mass is 9.74. The minimum Gasteiger partial charge on any atom is -0.376 e. The summed E-state index contributed by atoms with van der Waals surface area (Å²) in [5.74, 6) is -2.26. The smallest absolute Gasteiger partial charge is 0.376 e. The van der Waals surface area contributed by atoms with Crippen LogP contribution in [0.2, 0.25) is 0 Å². The highest BCUT2D eigenvalue weighted by molar-refractivity contribution is 5.66. The average Bonchev–Trinajstić information content (AvgIpc) is 2.84. The van der Waals surface area contributed by atoms with Crippen LogP contribution < -0.4 is 5.32 Å². The maximum atomic E-state index is 14.1. The third kappa shape index (κ3) is 5.53. The van der Waals surface area contributed by atoms with Gasteiger partial charge in [-0.2, -0.15) is 18.4 Å². The number of nitriles is 1. The molecule has 0 saturated carbocycles. The Balaban J connectivity index is 1.62. The Morgan fingerprint density at radius 1 is 0.914 bits per heavy atom. The second-order valence-electron chi connectivity index (χ2n) is 8.73. The predicted molar refractivity (Wildman–Crippen MR) is 121 cm³/mol. The van der Waals surface area contributed by atoms with Gasteiger partial charge < -0.3 is 10.1 Å². The first-order valence-electron chi connectivity index (χ1n) is 11.2. The van der Waals surface area contributed by atoms with E-state index in [-0.39, 0.29) is 28.7 Å². The summed E-state index contributed by atoms with van der Waals surface area (Å²) >= 11 is 0. The largest absolute Gasteiger partial charge is 0.416 e. The molecule has 0 aromatic heterocycles. The van der Waals surface area contributed by atoms with Crippen molar-refractivity contribution in [3.05, 3.63) is 94.6 Å². The molecule has 3 aromatic rings. The summed E-state index contributed by atoms with van der Waals surface area (Å²) in [4.78, 5) is 0. The van der Waals surface area contributed by atoms with Gasteiger partial charge in [-0.15, -0.1) is 0 Å². The highest BCUT2D eigenvalue weighted by Gasteiger charge is 2.35. The Kier molecular flexibility index (Phi) is 7.20. The molecule has 1 aliphatic heterocycles. The molecule has 0 aliphatic carbocycles. The van der Waals surface area contributed by atoms with Gasteiger partial charge in [0.1, 0.15) is 23.3 Å². The van der Waals surface area contributed by atoms with Gasteiger partial charge in [0.25, 0.3) is 0 Å². The van der Waals surface area contributed by atoms with Gasteiger partial charge in [-0.1, -0.05) is 30.3 Å². The van der Waals surface area contributed by atoms with Crippen LogP contribution in [0.3, 0.4) is 0 Å². The number of hydrogen-bond acceptors (Lipinski definition) is 3. The molecule has 1 fully saturated rings. The minimum absolute atomic E-state index is 0.0136. The molecule has 0 radical (unpaired) electrons. The van der Waals surface area contributed by atoms with Crippen molar-refractivity contribution in [2.45, 2.75) is 31.0 Å². The highest BCUT2D eigenvalue weighted by atomic mass is 19.4. The summed E-state index contributed by atoms with van der Waals surface area (Å²) < 4.78 is 75.0. The summed E-state index contributed by atoms with van der Waals surface area (Å²) in [6.45, 7) is 1.84. The molecule has 8 heteroatoms. The van der Waals surface area contributed by atoms with Gasteiger partial charge in [0.2, 0.25) is 0 Å². The Hall–Kier alpha value is -3.28. The molecule has 182 valence electrons. The fraction of sp³-hybridized carbons (Fsp3) is 0.296. The molecule has 0 spiro atoms. The first-order valence-corrected chi connectivity index (χ1v) is 11.2. The molecule has 0 unspecified atom stereocenters. The number of rotatable bonds is 6. The van der Waals surface area contributed by atoms with Crippen molar-refractivity contribution in [1.82, 2.24) is 5.32 Å². The van der Waals surface area contributed by atoms with E-state index in [0.29, 0.717) is 6.61 Å². The third-order valence-corrected chi connectivity index (χ3v) is 6.40. The lowest BCUT2D eigenvalue weighted by Crippen LogP contribution is -2.43. The molecule has 1 heterocycles. The Labute approximate surface area is 200 Å². The van der Waals surface area contributed by atoms with Crippen LogP contribution >= 0.6 is 0 Å². The van der Waals surface area contributed by atoms with E-state index >= 15 is 0 Å². The van der Waals surface area contributed by atoms with Crippen molar-refractivity contribution >= 4 is 0 Å². The van der Waals surface area contributed by atoms with Crippen molar-refractivity contribution in [2.75, 3.05) is 19.7 Å². The van der Waals surface area contributed by atoms with Crippen molar-refractivity contribution in [3.8, 4) is 17.2 Å². The van der Waals surface area contributed by atoms with Gasteiger partial charge in [-0.3, -0.25) is 0 Å². The maximum Gasteiger partial charge on any atom is 0.416 e. The average molecular weight is 486 g/mol. The molecule has 1 saturated heterocycles. The van der Waals surface area contributed by atoms with Crippen LogP contribution in [0.25, 0.3) is 11.1 Å². The quantitative estimate of drug-likeness (QED) is 0.413. The van der Waals surface area contributed by atoms with E-state index in [4.69, 9.17) is 10.00 Å². The van der Waals surface area contributed by atoms with E-state index in [9.17, 15) is 22.0 Å². The molecule has 0 bridgehead atoms. The molecule has 1 aliphatic rings. The monoisotopic (exact) mass is 486 g/mol. The minimum atomic E-state index is -4.66. The van der Waals surface area contributed by atoms with E-state index in [0.717, 1.165) is 55.8 Å². The Bertz CT molecular complexity index is 1210. The van der Waals surface area contributed by atoms with Crippen LogP contribution in [0.5, 0.6) is 0 Å². The van der Waals surface area contributed by atoms with Gasteiger partial charge in [-0.05, 0) is 78.5 Å². The lowest BCUT2D eigenvalue weighted by molar-refractivity contribution is -0.137. The van der Waals surface area contributed by atoms with Crippen molar-refractivity contribution in [1.29, 1.82) is 5.26 Å². The SMILES string of the molecule is N#Cc1c(F)cc(-c2cc(COCC3(c4ccccc4)CCNCC3)cc(C(F)(F)F)c2)cc1F. The van der Waals surface area contributed by atoms with Crippen LogP contribution in [0.15, 0.2) is 60.7 Å². The second kappa shape index (κ2) is 10.1. The zero-order valence-corrected chi connectivity index (χ0v) is 18.8. The predicted octanol–water partition coefficient (Wildman–Crippen LogP) is 6.36. The Morgan fingerprint density at radius 2 is 1.54 bits per heavy atom. The molecule has 3 nitrogen and oxygen atoms in total. The second-order valence-corrected chi connectivity index (χ2v) is 8.73. The van der Waals surface area contributed by atoms with Crippen LogP contribution in [0.1, 0.15) is 35.1 Å². The van der Waals surface area contributed by atoms with E-state index in [2.05, 4.69) is 5.32 Å². The van der Waals surface area contributed by atoms with Crippen LogP contribution in [-0.4, -0.2) is 19.7 Å². The van der Waals surface area contributed by atoms with Gasteiger partial charge >= 0.3 is 6.18 Å². The molecular weight excluding hydrogens is 463 g/mol. The van der Waals surface area contributed by atoms with Crippen molar-refractivity contribution in [2.24, 2.45) is 0 Å². The number of nitrogens with zero attached hydrogens (tertiary/aromatic N) is 1. The first-order chi connectivity index (χ1) is 16.7. The third-order valence-electron chi connectivity index (χ3n) is 6.40. The van der Waals surface area contributed by atoms with E-state index in [1.165, 1.54) is 12.1 Å². The number of ether oxygens (including phenoxy) is 1. The van der Waals surface area contributed by atoms with Crippen LogP contribution in [0, 0.1) is 23.0 Å². The number of alkyl halides is 3. The molecule has 4 rings (SSSR count). The zero-order chi connectivity index (χ0) is 25.1. The molecule has 0 amide bonds. The molecule has 1 N–H and O–H groups in total. The molecule has 0 atom stereocenters. The van der Waals surface area contributed by atoms with Crippen molar-refractivity contribution in [3.63, 3.8) is 0 Å². The number of piperidine rings is 1. The normalized spacial score (nSPS) is 15.5. The fourth-order valence-corrected chi connectivity index (χ4v) is 4.53. The number of halogens is 5. The summed E-state index contributed by atoms with van der Waals surface area (Å²) in [7, 11) is 0. The van der Waals surface area contributed by atoms with Gasteiger partial charge in [0.15, 0.2) is 0 Å². The maximum absolute atomic E-state index is 14.1. The zero-order valence-electron chi connectivity index (χ0n) is 18.8. The number of nitrogens with one attached hydrogen (secondary N) is 1. The fourth-order valence-electron chi connectivity index (χ4n) is 4.53. The summed E-state index contributed by atoms with van der Waals surface area (Å²) in [5, 5.41) is 12.2. The van der Waals surface area contributed by atoms with E-state index in [1.807, 2.05) is 30.3 Å². The summed E-state index contributed by atoms with van der Waals surface area (Å²) in [5.41, 5.74) is -0.732. The summed E-state index contributed by atoms with van der Waals surface area (Å²) in [6, 6.07) is 16.3. The number of benzene rings is 3. The van der Waals surface area contributed by atoms with Crippen molar-refractivity contribution < 1.29 is 26.7 Å². The van der Waals surface area contributed by atoms with Crippen LogP contribution in [-0.2, 0) is 22.9 Å². The lowest BCUT2D eigenvalue weighted by Gasteiger charge is -2.38. The first kappa shape index (κ1) is 24.8. The molecular formula is C27H23F5N2O. The summed E-state index contributed by atoms with van der Waals surface area (Å²) in [6.07, 6.45) is -3.00. The Morgan fingerprint density at radius 3 is 2.14 bits per heavy atom. The van der Waals surface area contributed by atoms with E-state index < -0.39 is 28.9 Å². The van der Waals surface area contributed by atoms with Crippen LogP contribution in [0.4, 0.5) is 22.0 Å².